The van der Waals surface area contributed by atoms with Crippen molar-refractivity contribution in [3.8, 4) is 0 Å². The van der Waals surface area contributed by atoms with Gasteiger partial charge in [0.1, 0.15) is 12.2 Å². The Hall–Kier alpha value is -0.940. The lowest BCUT2D eigenvalue weighted by Crippen LogP contribution is -2.30. The average molecular weight is 196 g/mol. The maximum atomic E-state index is 9.78. The van der Waals surface area contributed by atoms with Crippen LogP contribution in [0.4, 0.5) is 0 Å². The number of aliphatic hydroxyl groups is 1. The summed E-state index contributed by atoms with van der Waals surface area (Å²) in [5, 5.41) is 17.6. The third kappa shape index (κ3) is 1.93. The van der Waals surface area contributed by atoms with Crippen molar-refractivity contribution in [1.82, 2.24) is 19.7 Å². The second kappa shape index (κ2) is 3.33. The van der Waals surface area contributed by atoms with Crippen molar-refractivity contribution in [1.29, 1.82) is 0 Å². The maximum Gasteiger partial charge on any atom is 0.146 e. The predicted octanol–water partition coefficient (Wildman–Crippen LogP) is -0.228. The number of β-amino-alcohol motifs (C(OH)–C–C–N with tert-alkyl or cyclic N) is 1. The molecule has 5 heteroatoms. The van der Waals surface area contributed by atoms with E-state index in [0.717, 1.165) is 31.9 Å². The highest BCUT2D eigenvalue weighted by atomic mass is 16.3. The molecule has 1 unspecified atom stereocenters. The van der Waals surface area contributed by atoms with Crippen LogP contribution in [0, 0.1) is 0 Å². The number of aryl methyl sites for hydroxylation is 1. The minimum Gasteiger partial charge on any atom is -0.389 e. The van der Waals surface area contributed by atoms with E-state index < -0.39 is 5.60 Å². The minimum absolute atomic E-state index is 0.529. The first kappa shape index (κ1) is 9.61. The van der Waals surface area contributed by atoms with Crippen LogP contribution in [-0.4, -0.2) is 43.5 Å². The summed E-state index contributed by atoms with van der Waals surface area (Å²) in [6, 6.07) is 0. The molecule has 0 amide bonds. The molecule has 1 aromatic rings. The molecule has 1 fully saturated rings. The highest BCUT2D eigenvalue weighted by Gasteiger charge is 2.31. The topological polar surface area (TPSA) is 54.2 Å². The Kier molecular flexibility index (Phi) is 2.28. The summed E-state index contributed by atoms with van der Waals surface area (Å²) < 4.78 is 1.91. The quantitative estimate of drug-likeness (QED) is 0.710. The molecule has 0 aliphatic carbocycles. The van der Waals surface area contributed by atoms with Crippen LogP contribution < -0.4 is 0 Å². The molecule has 1 aliphatic heterocycles. The van der Waals surface area contributed by atoms with Gasteiger partial charge in [-0.05, 0) is 13.3 Å². The zero-order valence-electron chi connectivity index (χ0n) is 8.64. The molecule has 1 N–H and O–H groups in total. The molecule has 0 radical (unpaired) electrons. The van der Waals surface area contributed by atoms with Crippen LogP contribution in [-0.2, 0) is 13.6 Å². The monoisotopic (exact) mass is 196 g/mol. The smallest absolute Gasteiger partial charge is 0.146 e. The predicted molar refractivity (Wildman–Crippen MR) is 51.5 cm³/mol. The number of hydrogen-bond acceptors (Lipinski definition) is 4. The van der Waals surface area contributed by atoms with E-state index in [1.807, 2.05) is 18.5 Å². The first-order valence-electron chi connectivity index (χ1n) is 4.84. The van der Waals surface area contributed by atoms with Gasteiger partial charge < -0.3 is 9.67 Å². The molecule has 0 bridgehead atoms. The molecular weight excluding hydrogens is 180 g/mol. The van der Waals surface area contributed by atoms with Crippen molar-refractivity contribution in [2.45, 2.75) is 25.5 Å². The second-order valence-electron chi connectivity index (χ2n) is 4.32. The standard InChI is InChI=1S/C9H16N4O/c1-9(14)3-4-13(6-9)5-8-11-10-7-12(8)2/h7,14H,3-6H2,1-2H3. The molecule has 0 spiro atoms. The molecule has 2 heterocycles. The lowest BCUT2D eigenvalue weighted by molar-refractivity contribution is 0.0674. The van der Waals surface area contributed by atoms with Crippen LogP contribution in [0.5, 0.6) is 0 Å². The normalized spacial score (nSPS) is 28.5. The average Bonchev–Trinajstić information content (AvgIpc) is 2.61. The molecular formula is C9H16N4O. The van der Waals surface area contributed by atoms with Crippen molar-refractivity contribution in [3.05, 3.63) is 12.2 Å². The van der Waals surface area contributed by atoms with Gasteiger partial charge in [-0.1, -0.05) is 0 Å². The van der Waals surface area contributed by atoms with Gasteiger partial charge in [0.2, 0.25) is 0 Å². The summed E-state index contributed by atoms with van der Waals surface area (Å²) in [7, 11) is 1.93. The Bertz CT molecular complexity index is 320. The largest absolute Gasteiger partial charge is 0.389 e. The third-order valence-corrected chi connectivity index (χ3v) is 2.70. The van der Waals surface area contributed by atoms with Crippen molar-refractivity contribution in [2.75, 3.05) is 13.1 Å². The van der Waals surface area contributed by atoms with Crippen LogP contribution >= 0.6 is 0 Å². The van der Waals surface area contributed by atoms with Gasteiger partial charge in [0.05, 0.1) is 12.1 Å². The third-order valence-electron chi connectivity index (χ3n) is 2.70. The molecule has 0 aromatic carbocycles. The van der Waals surface area contributed by atoms with Gasteiger partial charge in [-0.3, -0.25) is 4.90 Å². The summed E-state index contributed by atoms with van der Waals surface area (Å²) in [5.74, 6) is 0.947. The number of nitrogens with zero attached hydrogens (tertiary/aromatic N) is 4. The second-order valence-corrected chi connectivity index (χ2v) is 4.32. The fourth-order valence-corrected chi connectivity index (χ4v) is 1.82. The molecule has 78 valence electrons. The summed E-state index contributed by atoms with van der Waals surface area (Å²) in [6.07, 6.45) is 2.54. The molecule has 0 saturated carbocycles. The molecule has 1 saturated heterocycles. The number of rotatable bonds is 2. The SMILES string of the molecule is Cn1cnnc1CN1CCC(C)(O)C1. The molecule has 1 aliphatic rings. The van der Waals surface area contributed by atoms with Gasteiger partial charge in [-0.15, -0.1) is 10.2 Å². The molecule has 1 atom stereocenters. The Labute approximate surface area is 83.4 Å². The Morgan fingerprint density at radius 2 is 2.43 bits per heavy atom. The van der Waals surface area contributed by atoms with Crippen molar-refractivity contribution in [3.63, 3.8) is 0 Å². The van der Waals surface area contributed by atoms with Gasteiger partial charge in [-0.25, -0.2) is 0 Å². The van der Waals surface area contributed by atoms with Crippen LogP contribution in [0.1, 0.15) is 19.2 Å². The van der Waals surface area contributed by atoms with Gasteiger partial charge in [-0.2, -0.15) is 0 Å². The molecule has 14 heavy (non-hydrogen) atoms. The maximum absolute atomic E-state index is 9.78. The first-order valence-corrected chi connectivity index (χ1v) is 4.84. The van der Waals surface area contributed by atoms with Crippen LogP contribution in [0.3, 0.4) is 0 Å². The van der Waals surface area contributed by atoms with E-state index in [4.69, 9.17) is 0 Å². The van der Waals surface area contributed by atoms with E-state index in [-0.39, 0.29) is 0 Å². The Balaban J connectivity index is 1.97. The van der Waals surface area contributed by atoms with Crippen molar-refractivity contribution in [2.24, 2.45) is 7.05 Å². The molecule has 1 aromatic heterocycles. The van der Waals surface area contributed by atoms with Gasteiger partial charge >= 0.3 is 0 Å². The lowest BCUT2D eigenvalue weighted by Gasteiger charge is -2.17. The highest BCUT2D eigenvalue weighted by Crippen LogP contribution is 2.21. The molecule has 2 rings (SSSR count). The number of likely N-dealkylation sites (tertiary alicyclic amines) is 1. The van der Waals surface area contributed by atoms with Gasteiger partial charge in [0.15, 0.2) is 0 Å². The van der Waals surface area contributed by atoms with Crippen molar-refractivity contribution >= 4 is 0 Å². The Morgan fingerprint density at radius 1 is 1.64 bits per heavy atom. The lowest BCUT2D eigenvalue weighted by atomic mass is 10.1. The fourth-order valence-electron chi connectivity index (χ4n) is 1.82. The van der Waals surface area contributed by atoms with Gasteiger partial charge in [0, 0.05) is 20.1 Å². The number of aromatic nitrogens is 3. The van der Waals surface area contributed by atoms with Gasteiger partial charge in [0.25, 0.3) is 0 Å². The minimum atomic E-state index is -0.529. The summed E-state index contributed by atoms with van der Waals surface area (Å²) in [6.45, 7) is 4.30. The zero-order valence-corrected chi connectivity index (χ0v) is 8.64. The fraction of sp³-hybridized carbons (Fsp3) is 0.778. The van der Waals surface area contributed by atoms with E-state index in [1.54, 1.807) is 6.33 Å². The van der Waals surface area contributed by atoms with Crippen LogP contribution in [0.15, 0.2) is 6.33 Å². The van der Waals surface area contributed by atoms with Crippen molar-refractivity contribution < 1.29 is 5.11 Å². The van der Waals surface area contributed by atoms with Crippen LogP contribution in [0.25, 0.3) is 0 Å². The zero-order chi connectivity index (χ0) is 10.2. The molecule has 5 nitrogen and oxygen atoms in total. The van der Waals surface area contributed by atoms with E-state index in [1.165, 1.54) is 0 Å². The summed E-state index contributed by atoms with van der Waals surface area (Å²) in [5.41, 5.74) is -0.529. The van der Waals surface area contributed by atoms with E-state index >= 15 is 0 Å². The van der Waals surface area contributed by atoms with E-state index in [2.05, 4.69) is 15.1 Å². The number of hydrogen-bond donors (Lipinski definition) is 1. The summed E-state index contributed by atoms with van der Waals surface area (Å²) in [4.78, 5) is 2.20. The Morgan fingerprint density at radius 3 is 2.93 bits per heavy atom. The first-order chi connectivity index (χ1) is 6.57. The van der Waals surface area contributed by atoms with Crippen LogP contribution in [0.2, 0.25) is 0 Å². The van der Waals surface area contributed by atoms with E-state index in [0.29, 0.717) is 0 Å². The highest BCUT2D eigenvalue weighted by molar-refractivity contribution is 4.91. The summed E-state index contributed by atoms with van der Waals surface area (Å²) >= 11 is 0. The van der Waals surface area contributed by atoms with E-state index in [9.17, 15) is 5.11 Å².